The number of ether oxygens (including phenoxy) is 1. The summed E-state index contributed by atoms with van der Waals surface area (Å²) >= 11 is 0. The fourth-order valence-electron chi connectivity index (χ4n) is 2.09. The van der Waals surface area contributed by atoms with Crippen LogP contribution in [-0.2, 0) is 11.3 Å². The van der Waals surface area contributed by atoms with Gasteiger partial charge in [0.2, 0.25) is 5.91 Å². The second-order valence-corrected chi connectivity index (χ2v) is 6.84. The molecule has 1 rings (SSSR count). The lowest BCUT2D eigenvalue weighted by Gasteiger charge is -2.21. The first kappa shape index (κ1) is 20.8. The van der Waals surface area contributed by atoms with Gasteiger partial charge in [-0.05, 0) is 51.8 Å². The maximum atomic E-state index is 11.9. The first-order valence-electron chi connectivity index (χ1n) is 8.89. The van der Waals surface area contributed by atoms with E-state index >= 15 is 0 Å². The van der Waals surface area contributed by atoms with Crippen molar-refractivity contribution in [2.24, 2.45) is 4.99 Å². The van der Waals surface area contributed by atoms with Crippen molar-refractivity contribution in [3.8, 4) is 5.75 Å². The molecule has 0 aromatic heterocycles. The number of carbonyl (C=O) groups is 1. The lowest BCUT2D eigenvalue weighted by Crippen LogP contribution is -2.48. The number of carbonyl (C=O) groups excluding carboxylic acids is 1. The Hall–Kier alpha value is -2.24. The van der Waals surface area contributed by atoms with Crippen LogP contribution in [0.25, 0.3) is 0 Å². The number of benzene rings is 1. The Morgan fingerprint density at radius 3 is 2.60 bits per heavy atom. The van der Waals surface area contributed by atoms with E-state index in [9.17, 15) is 4.79 Å². The van der Waals surface area contributed by atoms with E-state index in [4.69, 9.17) is 4.74 Å². The van der Waals surface area contributed by atoms with Crippen LogP contribution >= 0.6 is 0 Å². The molecule has 0 radical (unpaired) electrons. The zero-order valence-corrected chi connectivity index (χ0v) is 16.1. The van der Waals surface area contributed by atoms with E-state index < -0.39 is 0 Å². The highest BCUT2D eigenvalue weighted by Gasteiger charge is 2.13. The highest BCUT2D eigenvalue weighted by Crippen LogP contribution is 2.14. The Balaban J connectivity index is 2.61. The van der Waals surface area contributed by atoms with Gasteiger partial charge in [0.1, 0.15) is 5.75 Å². The number of rotatable bonds is 8. The van der Waals surface area contributed by atoms with Crippen LogP contribution in [0.2, 0.25) is 0 Å². The van der Waals surface area contributed by atoms with Gasteiger partial charge in [-0.3, -0.25) is 4.79 Å². The molecule has 0 spiro atoms. The number of aliphatic imine (C=N–C) groups is 1. The monoisotopic (exact) mass is 348 g/mol. The second kappa shape index (κ2) is 10.6. The minimum absolute atomic E-state index is 0.0620. The summed E-state index contributed by atoms with van der Waals surface area (Å²) in [4.78, 5) is 16.4. The van der Waals surface area contributed by atoms with Gasteiger partial charge in [0, 0.05) is 12.1 Å². The van der Waals surface area contributed by atoms with Crippen LogP contribution < -0.4 is 20.7 Å². The van der Waals surface area contributed by atoms with Crippen LogP contribution in [0.1, 0.15) is 46.6 Å². The molecule has 0 atom stereocenters. The fourth-order valence-corrected chi connectivity index (χ4v) is 2.09. The van der Waals surface area contributed by atoms with E-state index in [1.165, 1.54) is 0 Å². The molecule has 0 unspecified atom stereocenters. The van der Waals surface area contributed by atoms with E-state index in [0.717, 1.165) is 24.3 Å². The molecule has 1 aromatic carbocycles. The minimum Gasteiger partial charge on any atom is -0.494 e. The topological polar surface area (TPSA) is 74.8 Å². The molecule has 140 valence electrons. The molecule has 0 fully saturated rings. The van der Waals surface area contributed by atoms with Gasteiger partial charge < -0.3 is 20.7 Å². The van der Waals surface area contributed by atoms with Crippen molar-refractivity contribution in [3.05, 3.63) is 29.8 Å². The number of nitrogens with zero attached hydrogens (tertiary/aromatic N) is 1. The van der Waals surface area contributed by atoms with Crippen molar-refractivity contribution in [1.82, 2.24) is 16.0 Å². The van der Waals surface area contributed by atoms with Gasteiger partial charge in [0.15, 0.2) is 5.96 Å². The molecule has 3 N–H and O–H groups in total. The zero-order valence-electron chi connectivity index (χ0n) is 16.1. The Morgan fingerprint density at radius 2 is 1.96 bits per heavy atom. The van der Waals surface area contributed by atoms with Gasteiger partial charge in [-0.15, -0.1) is 0 Å². The number of guanidine groups is 1. The second-order valence-electron chi connectivity index (χ2n) is 6.84. The average Bonchev–Trinajstić information content (AvgIpc) is 2.54. The molecule has 0 aliphatic heterocycles. The molecule has 1 aromatic rings. The molecular formula is C19H32N4O2. The highest BCUT2D eigenvalue weighted by molar-refractivity contribution is 5.86. The van der Waals surface area contributed by atoms with Gasteiger partial charge in [-0.25, -0.2) is 4.99 Å². The van der Waals surface area contributed by atoms with Crippen molar-refractivity contribution in [2.45, 2.75) is 53.1 Å². The Morgan fingerprint density at radius 1 is 1.20 bits per heavy atom. The predicted octanol–water partition coefficient (Wildman–Crippen LogP) is 2.45. The van der Waals surface area contributed by atoms with Gasteiger partial charge >= 0.3 is 0 Å². The van der Waals surface area contributed by atoms with Crippen LogP contribution in [0.4, 0.5) is 0 Å². The third-order valence-electron chi connectivity index (χ3n) is 3.07. The molecule has 6 nitrogen and oxygen atoms in total. The van der Waals surface area contributed by atoms with E-state index in [-0.39, 0.29) is 18.0 Å². The summed E-state index contributed by atoms with van der Waals surface area (Å²) in [5, 5.41) is 9.12. The van der Waals surface area contributed by atoms with E-state index in [0.29, 0.717) is 19.1 Å². The fraction of sp³-hybridized carbons (Fsp3) is 0.579. The van der Waals surface area contributed by atoms with Crippen molar-refractivity contribution in [3.63, 3.8) is 0 Å². The first-order chi connectivity index (χ1) is 11.8. The van der Waals surface area contributed by atoms with E-state index in [1.807, 2.05) is 52.0 Å². The van der Waals surface area contributed by atoms with Crippen LogP contribution in [0, 0.1) is 0 Å². The van der Waals surface area contributed by atoms with Crippen LogP contribution in [-0.4, -0.2) is 37.1 Å². The standard InChI is InChI=1S/C19H32N4O2/c1-6-11-25-16-10-8-9-15(12-16)13-21-18(20-7-2)22-14-17(24)23-19(3,4)5/h8-10,12H,6-7,11,13-14H2,1-5H3,(H,23,24)(H2,20,21,22). The number of hydrogen-bond donors (Lipinski definition) is 3. The Labute approximate surface area is 151 Å². The van der Waals surface area contributed by atoms with Gasteiger partial charge in [0.05, 0.1) is 19.7 Å². The van der Waals surface area contributed by atoms with Crippen molar-refractivity contribution < 1.29 is 9.53 Å². The van der Waals surface area contributed by atoms with Gasteiger partial charge in [-0.1, -0.05) is 19.1 Å². The van der Waals surface area contributed by atoms with Crippen LogP contribution in [0.3, 0.4) is 0 Å². The summed E-state index contributed by atoms with van der Waals surface area (Å²) in [6.45, 7) is 12.1. The smallest absolute Gasteiger partial charge is 0.239 e. The number of amides is 1. The molecule has 25 heavy (non-hydrogen) atoms. The molecule has 0 heterocycles. The van der Waals surface area contributed by atoms with Gasteiger partial charge in [-0.2, -0.15) is 0 Å². The van der Waals surface area contributed by atoms with Crippen molar-refractivity contribution in [1.29, 1.82) is 0 Å². The summed E-state index contributed by atoms with van der Waals surface area (Å²) in [5.74, 6) is 1.41. The molecule has 0 bridgehead atoms. The number of hydrogen-bond acceptors (Lipinski definition) is 3. The Bertz CT molecular complexity index is 565. The third-order valence-corrected chi connectivity index (χ3v) is 3.07. The summed E-state index contributed by atoms with van der Waals surface area (Å²) in [6, 6.07) is 7.92. The lowest BCUT2D eigenvalue weighted by atomic mass is 10.1. The molecule has 0 saturated heterocycles. The van der Waals surface area contributed by atoms with E-state index in [1.54, 1.807) is 0 Å². The van der Waals surface area contributed by atoms with Gasteiger partial charge in [0.25, 0.3) is 0 Å². The summed E-state index contributed by atoms with van der Waals surface area (Å²) in [6.07, 6.45) is 0.980. The van der Waals surface area contributed by atoms with Crippen molar-refractivity contribution in [2.75, 3.05) is 19.7 Å². The SMILES string of the molecule is CCCOc1cccc(CN=C(NCC)NCC(=O)NC(C)(C)C)c1. The minimum atomic E-state index is -0.243. The van der Waals surface area contributed by atoms with Crippen LogP contribution in [0.15, 0.2) is 29.3 Å². The largest absolute Gasteiger partial charge is 0.494 e. The molecular weight excluding hydrogens is 316 g/mol. The molecule has 0 aliphatic rings. The first-order valence-corrected chi connectivity index (χ1v) is 8.89. The summed E-state index contributed by atoms with van der Waals surface area (Å²) < 4.78 is 5.64. The lowest BCUT2D eigenvalue weighted by molar-refractivity contribution is -0.121. The zero-order chi connectivity index (χ0) is 18.7. The van der Waals surface area contributed by atoms with E-state index in [2.05, 4.69) is 27.9 Å². The van der Waals surface area contributed by atoms with Crippen molar-refractivity contribution >= 4 is 11.9 Å². The molecule has 0 aliphatic carbocycles. The summed E-state index contributed by atoms with van der Waals surface area (Å²) in [5.41, 5.74) is 0.817. The predicted molar refractivity (Wildman–Crippen MR) is 103 cm³/mol. The quantitative estimate of drug-likeness (QED) is 0.498. The molecule has 0 saturated carbocycles. The highest BCUT2D eigenvalue weighted by atomic mass is 16.5. The third kappa shape index (κ3) is 9.59. The maximum absolute atomic E-state index is 11.9. The van der Waals surface area contributed by atoms with Crippen LogP contribution in [0.5, 0.6) is 5.75 Å². The number of nitrogens with one attached hydrogen (secondary N) is 3. The molecule has 6 heteroatoms. The molecule has 1 amide bonds. The average molecular weight is 348 g/mol. The Kier molecular flexibility index (Phi) is 8.81. The summed E-state index contributed by atoms with van der Waals surface area (Å²) in [7, 11) is 0. The normalized spacial score (nSPS) is 11.8. The maximum Gasteiger partial charge on any atom is 0.239 e.